The van der Waals surface area contributed by atoms with E-state index in [-0.39, 0.29) is 5.03 Å². The Labute approximate surface area is 163 Å². The number of carbonyl (C=O) groups excluding carboxylic acids is 1. The van der Waals surface area contributed by atoms with E-state index >= 15 is 0 Å². The third-order valence-corrected chi connectivity index (χ3v) is 7.07. The number of hydrogen-bond donors (Lipinski definition) is 3. The lowest BCUT2D eigenvalue weighted by molar-refractivity contribution is 0.256. The third-order valence-electron chi connectivity index (χ3n) is 5.86. The first-order valence-electron chi connectivity index (χ1n) is 9.79. The molecular formula is C19H23N5O3S. The van der Waals surface area contributed by atoms with Gasteiger partial charge >= 0.3 is 6.03 Å². The molecular weight excluding hydrogens is 378 g/mol. The van der Waals surface area contributed by atoms with Crippen molar-refractivity contribution in [3.63, 3.8) is 0 Å². The zero-order chi connectivity index (χ0) is 19.3. The number of nitrogens with one attached hydrogen (secondary N) is 3. The molecule has 9 heteroatoms. The van der Waals surface area contributed by atoms with E-state index in [0.29, 0.717) is 13.1 Å². The summed E-state index contributed by atoms with van der Waals surface area (Å²) < 4.78 is 29.1. The van der Waals surface area contributed by atoms with Gasteiger partial charge in [-0.25, -0.2) is 9.52 Å². The Kier molecular flexibility index (Phi) is 4.17. The SMILES string of the molecule is O=C(Nc1c2c(cc3c1CCC3)CCC2)NS(=O)(=O)c1cc2n(n1)CCNC2. The van der Waals surface area contributed by atoms with Gasteiger partial charge in [-0.3, -0.25) is 4.68 Å². The Hall–Kier alpha value is -2.39. The van der Waals surface area contributed by atoms with Gasteiger partial charge in [0.1, 0.15) is 0 Å². The van der Waals surface area contributed by atoms with Crippen LogP contribution in [0.25, 0.3) is 0 Å². The van der Waals surface area contributed by atoms with Gasteiger partial charge in [0, 0.05) is 24.8 Å². The molecule has 0 atom stereocenters. The van der Waals surface area contributed by atoms with Gasteiger partial charge < -0.3 is 10.6 Å². The molecule has 148 valence electrons. The summed E-state index contributed by atoms with van der Waals surface area (Å²) in [5, 5.41) is 10.0. The van der Waals surface area contributed by atoms with Crippen LogP contribution in [-0.2, 0) is 48.8 Å². The first-order chi connectivity index (χ1) is 13.5. The highest BCUT2D eigenvalue weighted by atomic mass is 32.2. The minimum Gasteiger partial charge on any atom is -0.309 e. The summed E-state index contributed by atoms with van der Waals surface area (Å²) >= 11 is 0. The number of amides is 2. The number of urea groups is 1. The lowest BCUT2D eigenvalue weighted by Gasteiger charge is -2.16. The molecule has 2 aliphatic carbocycles. The number of hydrogen-bond acceptors (Lipinski definition) is 5. The minimum atomic E-state index is -4.02. The second kappa shape index (κ2) is 6.59. The second-order valence-electron chi connectivity index (χ2n) is 7.67. The number of rotatable bonds is 3. The molecule has 5 rings (SSSR count). The van der Waals surface area contributed by atoms with Crippen molar-refractivity contribution in [1.82, 2.24) is 19.8 Å². The molecule has 3 N–H and O–H groups in total. The quantitative estimate of drug-likeness (QED) is 0.722. The van der Waals surface area contributed by atoms with E-state index in [1.807, 2.05) is 0 Å². The van der Waals surface area contributed by atoms with Crippen molar-refractivity contribution in [2.24, 2.45) is 0 Å². The number of sulfonamides is 1. The highest BCUT2D eigenvalue weighted by Gasteiger charge is 2.28. The summed E-state index contributed by atoms with van der Waals surface area (Å²) in [7, 11) is -4.02. The molecule has 1 aromatic heterocycles. The van der Waals surface area contributed by atoms with Crippen LogP contribution in [0.1, 0.15) is 40.8 Å². The van der Waals surface area contributed by atoms with Gasteiger partial charge in [-0.2, -0.15) is 13.5 Å². The van der Waals surface area contributed by atoms with Crippen LogP contribution in [0.4, 0.5) is 10.5 Å². The van der Waals surface area contributed by atoms with Gasteiger partial charge in [0.2, 0.25) is 0 Å². The first-order valence-corrected chi connectivity index (χ1v) is 11.3. The molecule has 0 radical (unpaired) electrons. The van der Waals surface area contributed by atoms with Crippen molar-refractivity contribution in [1.29, 1.82) is 0 Å². The topological polar surface area (TPSA) is 105 Å². The molecule has 1 aromatic carbocycles. The van der Waals surface area contributed by atoms with E-state index in [4.69, 9.17) is 0 Å². The molecule has 28 heavy (non-hydrogen) atoms. The summed E-state index contributed by atoms with van der Waals surface area (Å²) in [6.45, 7) is 1.92. The maximum absolute atomic E-state index is 12.6. The lowest BCUT2D eigenvalue weighted by Crippen LogP contribution is -2.35. The van der Waals surface area contributed by atoms with Gasteiger partial charge in [0.25, 0.3) is 10.0 Å². The molecule has 0 unspecified atom stereocenters. The van der Waals surface area contributed by atoms with Crippen LogP contribution < -0.4 is 15.4 Å². The van der Waals surface area contributed by atoms with Crippen molar-refractivity contribution in [2.45, 2.75) is 56.6 Å². The average molecular weight is 401 g/mol. The van der Waals surface area contributed by atoms with E-state index in [9.17, 15) is 13.2 Å². The fourth-order valence-corrected chi connectivity index (χ4v) is 5.48. The van der Waals surface area contributed by atoms with Crippen molar-refractivity contribution >= 4 is 21.7 Å². The number of aryl methyl sites for hydroxylation is 2. The van der Waals surface area contributed by atoms with E-state index in [2.05, 4.69) is 26.5 Å². The molecule has 8 nitrogen and oxygen atoms in total. The first kappa shape index (κ1) is 17.7. The summed E-state index contributed by atoms with van der Waals surface area (Å²) in [6, 6.07) is 3.06. The zero-order valence-corrected chi connectivity index (χ0v) is 16.4. The largest absolute Gasteiger partial charge is 0.333 e. The highest BCUT2D eigenvalue weighted by Crippen LogP contribution is 2.38. The molecule has 0 bridgehead atoms. The number of fused-ring (bicyclic) bond motifs is 3. The van der Waals surface area contributed by atoms with Crippen molar-refractivity contribution in [3.8, 4) is 0 Å². The molecule has 2 amide bonds. The maximum atomic E-state index is 12.6. The van der Waals surface area contributed by atoms with E-state index < -0.39 is 16.1 Å². The van der Waals surface area contributed by atoms with Gasteiger partial charge in [-0.05, 0) is 60.8 Å². The number of carbonyl (C=O) groups is 1. The fraction of sp³-hybridized carbons (Fsp3) is 0.474. The normalized spacial score (nSPS) is 17.7. The number of benzene rings is 1. The summed E-state index contributed by atoms with van der Waals surface area (Å²) in [5.41, 5.74) is 6.52. The molecule has 3 aliphatic rings. The van der Waals surface area contributed by atoms with Crippen molar-refractivity contribution in [2.75, 3.05) is 11.9 Å². The number of aromatic nitrogens is 2. The smallest absolute Gasteiger partial charge is 0.309 e. The van der Waals surface area contributed by atoms with Crippen LogP contribution in [0.3, 0.4) is 0 Å². The minimum absolute atomic E-state index is 0.120. The molecule has 2 aromatic rings. The second-order valence-corrected chi connectivity index (χ2v) is 9.30. The molecule has 0 spiro atoms. The van der Waals surface area contributed by atoms with Gasteiger partial charge in [-0.1, -0.05) is 6.07 Å². The van der Waals surface area contributed by atoms with Crippen molar-refractivity contribution < 1.29 is 13.2 Å². The van der Waals surface area contributed by atoms with Crippen LogP contribution in [0, 0.1) is 0 Å². The van der Waals surface area contributed by atoms with Gasteiger partial charge in [0.15, 0.2) is 5.03 Å². The van der Waals surface area contributed by atoms with Crippen molar-refractivity contribution in [3.05, 3.63) is 40.1 Å². The average Bonchev–Trinajstić information content (AvgIpc) is 3.39. The Morgan fingerprint density at radius 3 is 2.46 bits per heavy atom. The van der Waals surface area contributed by atoms with Crippen LogP contribution >= 0.6 is 0 Å². The maximum Gasteiger partial charge on any atom is 0.333 e. The Balaban J connectivity index is 1.39. The molecule has 1 aliphatic heterocycles. The van der Waals surface area contributed by atoms with Crippen LogP contribution in [0.15, 0.2) is 17.2 Å². The van der Waals surface area contributed by atoms with Gasteiger partial charge in [-0.15, -0.1) is 0 Å². The molecule has 2 heterocycles. The zero-order valence-electron chi connectivity index (χ0n) is 15.5. The Morgan fingerprint density at radius 2 is 1.79 bits per heavy atom. The van der Waals surface area contributed by atoms with Gasteiger partial charge in [0.05, 0.1) is 12.2 Å². The number of nitrogens with zero attached hydrogens (tertiary/aromatic N) is 2. The Morgan fingerprint density at radius 1 is 1.07 bits per heavy atom. The van der Waals surface area contributed by atoms with Crippen LogP contribution in [0.2, 0.25) is 0 Å². The summed E-state index contributed by atoms with van der Waals surface area (Å²) in [4.78, 5) is 12.6. The van der Waals surface area contributed by atoms with Crippen LogP contribution in [-0.4, -0.2) is 30.8 Å². The third kappa shape index (κ3) is 2.98. The highest BCUT2D eigenvalue weighted by molar-refractivity contribution is 7.90. The summed E-state index contributed by atoms with van der Waals surface area (Å²) in [6.07, 6.45) is 6.02. The standard InChI is InChI=1S/C19H23N5O3S/c25-19(23-28(26,27)17-10-14-11-20-7-8-24(14)22-17)21-18-15-5-1-3-12(15)9-13-4-2-6-16(13)18/h9-10,20H,1-8,11H2,(H2,21,23,25). The van der Waals surface area contributed by atoms with E-state index in [1.165, 1.54) is 17.2 Å². The lowest BCUT2D eigenvalue weighted by atomic mass is 9.99. The monoisotopic (exact) mass is 401 g/mol. The Bertz CT molecular complexity index is 1020. The predicted molar refractivity (Wildman–Crippen MR) is 104 cm³/mol. The summed E-state index contributed by atoms with van der Waals surface area (Å²) in [5.74, 6) is 0. The van der Waals surface area contributed by atoms with E-state index in [0.717, 1.165) is 67.6 Å². The fourth-order valence-electron chi connectivity index (χ4n) is 4.58. The van der Waals surface area contributed by atoms with E-state index in [1.54, 1.807) is 4.68 Å². The molecule has 0 saturated heterocycles. The predicted octanol–water partition coefficient (Wildman–Crippen LogP) is 1.47. The molecule has 0 fully saturated rings. The molecule has 0 saturated carbocycles. The van der Waals surface area contributed by atoms with Crippen LogP contribution in [0.5, 0.6) is 0 Å². The number of anilines is 1.